The molecule has 1 aromatic rings. The van der Waals surface area contributed by atoms with Gasteiger partial charge in [0.1, 0.15) is 24.3 Å². The molecule has 0 saturated carbocycles. The van der Waals surface area contributed by atoms with E-state index in [1.807, 2.05) is 0 Å². The number of hydrogen-bond acceptors (Lipinski definition) is 8. The summed E-state index contributed by atoms with van der Waals surface area (Å²) in [5, 5.41) is 0. The van der Waals surface area contributed by atoms with Gasteiger partial charge in [-0.25, -0.2) is 13.9 Å². The maximum absolute atomic E-state index is 11.9. The van der Waals surface area contributed by atoms with Gasteiger partial charge in [0.15, 0.2) is 0 Å². The zero-order chi connectivity index (χ0) is 19.0. The zero-order valence-corrected chi connectivity index (χ0v) is 15.6. The monoisotopic (exact) mass is 465 g/mol. The number of ether oxygens (including phenoxy) is 1. The molecular weight excluding hydrogens is 452 g/mol. The second-order valence-corrected chi connectivity index (χ2v) is 8.24. The maximum Gasteiger partial charge on any atom is 0.469 e. The van der Waals surface area contributed by atoms with Crippen LogP contribution in [0.5, 0.6) is 0 Å². The summed E-state index contributed by atoms with van der Waals surface area (Å²) in [6.45, 7) is -0.718. The summed E-state index contributed by atoms with van der Waals surface area (Å²) in [5.74, 6) is -0.0661. The van der Waals surface area contributed by atoms with Gasteiger partial charge in [-0.2, -0.15) is 4.98 Å². The second kappa shape index (κ2) is 7.53. The first-order valence-electron chi connectivity index (χ1n) is 6.49. The van der Waals surface area contributed by atoms with E-state index in [1.54, 1.807) is 0 Å². The summed E-state index contributed by atoms with van der Waals surface area (Å²) < 4.78 is 37.4. The molecule has 0 aromatic carbocycles. The van der Waals surface area contributed by atoms with E-state index in [2.05, 4.69) is 30.0 Å². The Morgan fingerprint density at radius 3 is 2.56 bits per heavy atom. The van der Waals surface area contributed by atoms with E-state index in [0.717, 1.165) is 4.57 Å². The number of nitrogens with two attached hydrogens (primary N) is 1. The van der Waals surface area contributed by atoms with Gasteiger partial charge >= 0.3 is 21.3 Å². The highest BCUT2D eigenvalue weighted by Crippen LogP contribution is 2.45. The molecule has 1 saturated heterocycles. The summed E-state index contributed by atoms with van der Waals surface area (Å²) in [6.07, 6.45) is -2.57. The Bertz CT molecular complexity index is 790. The third kappa shape index (κ3) is 5.93. The number of halogens is 1. The molecule has 3 atom stereocenters. The minimum absolute atomic E-state index is 0.0661. The second-order valence-electron chi connectivity index (χ2n) is 4.95. The van der Waals surface area contributed by atoms with Gasteiger partial charge < -0.3 is 30.0 Å². The fourth-order valence-electron chi connectivity index (χ4n) is 2.14. The first kappa shape index (κ1) is 20.6. The fraction of sp³-hybridized carbons (Fsp3) is 0.556. The highest BCUT2D eigenvalue weighted by molar-refractivity contribution is 9.10. The Kier molecular flexibility index (Phi) is 6.22. The molecule has 16 heteroatoms. The van der Waals surface area contributed by atoms with E-state index in [4.69, 9.17) is 30.0 Å². The highest BCUT2D eigenvalue weighted by atomic mass is 79.9. The molecule has 0 radical (unpaired) electrons. The molecule has 0 bridgehead atoms. The molecule has 142 valence electrons. The Morgan fingerprint density at radius 2 is 2.00 bits per heavy atom. The van der Waals surface area contributed by atoms with Crippen molar-refractivity contribution in [2.75, 3.05) is 12.3 Å². The average molecular weight is 466 g/mol. The van der Waals surface area contributed by atoms with Crippen molar-refractivity contribution in [3.05, 3.63) is 21.2 Å². The van der Waals surface area contributed by atoms with Crippen molar-refractivity contribution in [3.8, 4) is 0 Å². The van der Waals surface area contributed by atoms with Crippen molar-refractivity contribution in [2.45, 2.75) is 24.9 Å². The van der Waals surface area contributed by atoms with Gasteiger partial charge in [-0.1, -0.05) is 0 Å². The van der Waals surface area contributed by atoms with Crippen LogP contribution < -0.4 is 11.4 Å². The number of anilines is 1. The van der Waals surface area contributed by atoms with Crippen molar-refractivity contribution in [1.29, 1.82) is 0 Å². The summed E-state index contributed by atoms with van der Waals surface area (Å²) in [4.78, 5) is 50.8. The van der Waals surface area contributed by atoms with Crippen molar-refractivity contribution in [1.82, 2.24) is 9.55 Å². The Labute approximate surface area is 148 Å². The third-order valence-corrected chi connectivity index (χ3v) is 4.75. The van der Waals surface area contributed by atoms with E-state index in [9.17, 15) is 13.9 Å². The lowest BCUT2D eigenvalue weighted by Crippen LogP contribution is -2.29. The van der Waals surface area contributed by atoms with Crippen LogP contribution in [0.25, 0.3) is 0 Å². The zero-order valence-electron chi connectivity index (χ0n) is 12.2. The van der Waals surface area contributed by atoms with Crippen LogP contribution in [-0.2, 0) is 22.9 Å². The van der Waals surface area contributed by atoms with Gasteiger partial charge in [0.05, 0.1) is 11.1 Å². The number of phosphoric ester groups is 2. The van der Waals surface area contributed by atoms with Crippen LogP contribution in [0.4, 0.5) is 5.82 Å². The molecule has 1 fully saturated rings. The lowest BCUT2D eigenvalue weighted by Gasteiger charge is -2.19. The number of nitrogens with zero attached hydrogens (tertiary/aromatic N) is 2. The molecule has 13 nitrogen and oxygen atoms in total. The maximum atomic E-state index is 11.9. The first-order valence-corrected chi connectivity index (χ1v) is 10.3. The average Bonchev–Trinajstić information content (AvgIpc) is 2.80. The van der Waals surface area contributed by atoms with Crippen LogP contribution in [0, 0.1) is 0 Å². The summed E-state index contributed by atoms with van der Waals surface area (Å²) in [6, 6.07) is 0. The normalized spacial score (nSPS) is 24.6. The SMILES string of the molecule is Nc1nc(=O)n([C@H]2C[C@H](OP(=O)(O)O)[C@@H](COP(=O)(O)O)O2)cc1Br. The first-order chi connectivity index (χ1) is 11.4. The summed E-state index contributed by atoms with van der Waals surface area (Å²) >= 11 is 3.08. The quantitative estimate of drug-likeness (QED) is 0.336. The molecule has 0 unspecified atom stereocenters. The molecule has 2 rings (SSSR count). The highest BCUT2D eigenvalue weighted by Gasteiger charge is 2.42. The molecule has 1 aliphatic heterocycles. The number of aromatic nitrogens is 2. The lowest BCUT2D eigenvalue weighted by molar-refractivity contribution is -0.0444. The topological polar surface area (TPSA) is 204 Å². The molecule has 0 aliphatic carbocycles. The van der Waals surface area contributed by atoms with Gasteiger partial charge in [-0.15, -0.1) is 0 Å². The van der Waals surface area contributed by atoms with Crippen LogP contribution in [0.1, 0.15) is 12.6 Å². The van der Waals surface area contributed by atoms with Gasteiger partial charge in [-0.05, 0) is 15.9 Å². The van der Waals surface area contributed by atoms with E-state index in [1.165, 1.54) is 6.20 Å². The van der Waals surface area contributed by atoms with Gasteiger partial charge in [0, 0.05) is 12.6 Å². The van der Waals surface area contributed by atoms with Crippen molar-refractivity contribution < 1.29 is 42.5 Å². The van der Waals surface area contributed by atoms with Gasteiger partial charge in [-0.3, -0.25) is 13.6 Å². The standard InChI is InChI=1S/C9H14BrN3O10P2/c10-4-2-13(9(14)12-8(4)11)7-1-5(23-25(18,19)20)6(22-7)3-21-24(15,16)17/h2,5-7H,1,3H2,(H2,11,12,14)(H2,15,16,17)(H2,18,19,20)/t5-,6+,7+/m0/s1. The van der Waals surface area contributed by atoms with Crippen LogP contribution >= 0.6 is 31.6 Å². The van der Waals surface area contributed by atoms with E-state index < -0.39 is 46.4 Å². The van der Waals surface area contributed by atoms with E-state index >= 15 is 0 Å². The lowest BCUT2D eigenvalue weighted by atomic mass is 10.2. The number of rotatable bonds is 6. The Hall–Kier alpha value is -0.660. The largest absolute Gasteiger partial charge is 0.469 e. The third-order valence-electron chi connectivity index (χ3n) is 3.10. The molecule has 0 amide bonds. The predicted molar refractivity (Wildman–Crippen MR) is 84.0 cm³/mol. The van der Waals surface area contributed by atoms with Crippen LogP contribution in [-0.4, -0.2) is 47.9 Å². The minimum Gasteiger partial charge on any atom is -0.383 e. The van der Waals surface area contributed by atoms with Gasteiger partial charge in [0.25, 0.3) is 0 Å². The Morgan fingerprint density at radius 1 is 1.36 bits per heavy atom. The smallest absolute Gasteiger partial charge is 0.383 e. The van der Waals surface area contributed by atoms with Crippen LogP contribution in [0.3, 0.4) is 0 Å². The predicted octanol–water partition coefficient (Wildman–Crippen LogP) is -0.537. The molecule has 1 aromatic heterocycles. The molecular formula is C9H14BrN3O10P2. The van der Waals surface area contributed by atoms with Crippen molar-refractivity contribution >= 4 is 37.4 Å². The number of phosphoric acid groups is 2. The molecule has 6 N–H and O–H groups in total. The fourth-order valence-corrected chi connectivity index (χ4v) is 3.37. The molecule has 2 heterocycles. The van der Waals surface area contributed by atoms with Crippen molar-refractivity contribution in [3.63, 3.8) is 0 Å². The molecule has 25 heavy (non-hydrogen) atoms. The summed E-state index contributed by atoms with van der Waals surface area (Å²) in [5.41, 5.74) is 4.68. The Balaban J connectivity index is 2.25. The van der Waals surface area contributed by atoms with Gasteiger partial charge in [0.2, 0.25) is 0 Å². The molecule has 1 aliphatic rings. The summed E-state index contributed by atoms with van der Waals surface area (Å²) in [7, 11) is -9.77. The van der Waals surface area contributed by atoms with Crippen LogP contribution in [0.15, 0.2) is 15.5 Å². The minimum atomic E-state index is -4.93. The van der Waals surface area contributed by atoms with Crippen LogP contribution in [0.2, 0.25) is 0 Å². The molecule has 0 spiro atoms. The van der Waals surface area contributed by atoms with Crippen molar-refractivity contribution in [2.24, 2.45) is 0 Å². The van der Waals surface area contributed by atoms with E-state index in [-0.39, 0.29) is 16.7 Å². The van der Waals surface area contributed by atoms with E-state index in [0.29, 0.717) is 0 Å². The number of hydrogen-bond donors (Lipinski definition) is 5. The number of nitrogen functional groups attached to an aromatic ring is 1.